The fourth-order valence-corrected chi connectivity index (χ4v) is 7.03. The molecule has 222 valence electrons. The van der Waals surface area contributed by atoms with Crippen molar-refractivity contribution in [1.82, 2.24) is 14.1 Å². The molecule has 0 bridgehead atoms. The molecule has 1 aromatic carbocycles. The summed E-state index contributed by atoms with van der Waals surface area (Å²) in [4.78, 5) is 35.5. The molecule has 3 aromatic heterocycles. The van der Waals surface area contributed by atoms with Crippen molar-refractivity contribution in [3.05, 3.63) is 87.7 Å². The molecule has 0 atom stereocenters. The average Bonchev–Trinajstić information content (AvgIpc) is 3.38. The lowest BCUT2D eigenvalue weighted by atomic mass is 9.96. The van der Waals surface area contributed by atoms with Gasteiger partial charge < -0.3 is 29.4 Å². The molecule has 2 aliphatic heterocycles. The number of carbonyl (C=O) groups is 1. The zero-order valence-electron chi connectivity index (χ0n) is 25.1. The Hall–Kier alpha value is -4.37. The predicted molar refractivity (Wildman–Crippen MR) is 170 cm³/mol. The molecule has 9 heteroatoms. The number of fused-ring (bicyclic) bond motifs is 3. The molecule has 1 fully saturated rings. The second-order valence-corrected chi connectivity index (χ2v) is 12.4. The summed E-state index contributed by atoms with van der Waals surface area (Å²) in [5.74, 6) is 0.631. The van der Waals surface area contributed by atoms with E-state index in [1.165, 1.54) is 24.1 Å². The molecule has 0 saturated carbocycles. The summed E-state index contributed by atoms with van der Waals surface area (Å²) in [6.07, 6.45) is 8.85. The van der Waals surface area contributed by atoms with Gasteiger partial charge in [0.05, 0.1) is 17.5 Å². The molecule has 2 N–H and O–H groups in total. The fourth-order valence-electron chi connectivity index (χ4n) is 7.03. The summed E-state index contributed by atoms with van der Waals surface area (Å²) in [7, 11) is 1.75. The zero-order valence-corrected chi connectivity index (χ0v) is 25.1. The van der Waals surface area contributed by atoms with E-state index in [2.05, 4.69) is 38.8 Å². The summed E-state index contributed by atoms with van der Waals surface area (Å²) in [5.41, 5.74) is 7.94. The highest BCUT2D eigenvalue weighted by molar-refractivity contribution is 6.07. The molecular formula is C34H38N6O3. The van der Waals surface area contributed by atoms with Crippen LogP contribution in [0, 0.1) is 0 Å². The number of benzene rings is 1. The smallest absolute Gasteiger partial charge is 0.274 e. The number of hydrogen-bond acceptors (Lipinski definition) is 6. The van der Waals surface area contributed by atoms with Crippen LogP contribution in [-0.4, -0.2) is 50.4 Å². The minimum absolute atomic E-state index is 0.0617. The number of aromatic nitrogens is 3. The van der Waals surface area contributed by atoms with Crippen LogP contribution in [0.15, 0.2) is 59.7 Å². The van der Waals surface area contributed by atoms with E-state index in [-0.39, 0.29) is 11.5 Å². The van der Waals surface area contributed by atoms with Gasteiger partial charge in [-0.25, -0.2) is 4.98 Å². The van der Waals surface area contributed by atoms with Gasteiger partial charge in [-0.05, 0) is 86.1 Å². The molecular weight excluding hydrogens is 540 g/mol. The van der Waals surface area contributed by atoms with E-state index in [0.29, 0.717) is 31.1 Å². The van der Waals surface area contributed by atoms with Gasteiger partial charge in [0.2, 0.25) is 0 Å². The number of nitrogens with zero attached hydrogens (tertiary/aromatic N) is 5. The van der Waals surface area contributed by atoms with Crippen molar-refractivity contribution < 1.29 is 9.90 Å². The Balaban J connectivity index is 1.19. The predicted octanol–water partition coefficient (Wildman–Crippen LogP) is 4.67. The molecule has 4 aromatic rings. The first-order chi connectivity index (χ1) is 20.7. The highest BCUT2D eigenvalue weighted by Crippen LogP contribution is 2.36. The molecule has 3 aliphatic rings. The van der Waals surface area contributed by atoms with Gasteiger partial charge in [-0.15, -0.1) is 0 Å². The highest BCUT2D eigenvalue weighted by atomic mass is 16.3. The third-order valence-electron chi connectivity index (χ3n) is 9.15. The van der Waals surface area contributed by atoms with Gasteiger partial charge in [0.1, 0.15) is 17.2 Å². The maximum atomic E-state index is 13.9. The maximum Gasteiger partial charge on any atom is 0.274 e. The Morgan fingerprint density at radius 1 is 1.05 bits per heavy atom. The lowest BCUT2D eigenvalue weighted by molar-refractivity contribution is 0.0310. The monoisotopic (exact) mass is 578 g/mol. The van der Waals surface area contributed by atoms with Crippen LogP contribution in [0.5, 0.6) is 0 Å². The van der Waals surface area contributed by atoms with Crippen LogP contribution in [0.25, 0.3) is 11.1 Å². The summed E-state index contributed by atoms with van der Waals surface area (Å²) in [5, 5.41) is 13.3. The second-order valence-electron chi connectivity index (χ2n) is 12.4. The van der Waals surface area contributed by atoms with Gasteiger partial charge in [-0.2, -0.15) is 0 Å². The Morgan fingerprint density at radius 3 is 2.60 bits per heavy atom. The first-order valence-corrected chi connectivity index (χ1v) is 15.3. The van der Waals surface area contributed by atoms with Crippen molar-refractivity contribution in [2.75, 3.05) is 34.8 Å². The first-order valence-electron chi connectivity index (χ1n) is 15.3. The summed E-state index contributed by atoms with van der Waals surface area (Å²) in [6, 6.07) is 13.9. The minimum atomic E-state index is -0.662. The van der Waals surface area contributed by atoms with Crippen LogP contribution in [-0.2, 0) is 32.9 Å². The lowest BCUT2D eigenvalue weighted by Crippen LogP contribution is -2.60. The largest absolute Gasteiger partial charge is 0.386 e. The van der Waals surface area contributed by atoms with Crippen LogP contribution in [0.3, 0.4) is 0 Å². The molecule has 1 aliphatic carbocycles. The van der Waals surface area contributed by atoms with Crippen LogP contribution < -0.4 is 20.7 Å². The van der Waals surface area contributed by atoms with Gasteiger partial charge in [0.25, 0.3) is 11.5 Å². The molecule has 1 amide bonds. The molecule has 0 unspecified atom stereocenters. The van der Waals surface area contributed by atoms with Gasteiger partial charge >= 0.3 is 0 Å². The van der Waals surface area contributed by atoms with Gasteiger partial charge in [-0.3, -0.25) is 9.59 Å². The Labute approximate surface area is 251 Å². The minimum Gasteiger partial charge on any atom is -0.386 e. The van der Waals surface area contributed by atoms with E-state index in [1.807, 2.05) is 48.4 Å². The molecule has 1 saturated heterocycles. The van der Waals surface area contributed by atoms with E-state index in [1.54, 1.807) is 17.8 Å². The van der Waals surface area contributed by atoms with E-state index < -0.39 is 5.60 Å². The number of rotatable bonds is 6. The number of anilines is 4. The second kappa shape index (κ2) is 10.4. The maximum absolute atomic E-state index is 13.9. The van der Waals surface area contributed by atoms with E-state index in [0.717, 1.165) is 59.6 Å². The zero-order chi connectivity index (χ0) is 29.9. The molecule has 9 nitrogen and oxygen atoms in total. The summed E-state index contributed by atoms with van der Waals surface area (Å²) in [6.45, 7) is 6.52. The number of pyridine rings is 2. The Kier molecular flexibility index (Phi) is 6.65. The van der Waals surface area contributed by atoms with Crippen molar-refractivity contribution in [1.29, 1.82) is 0 Å². The Bertz CT molecular complexity index is 1780. The molecule has 0 spiro atoms. The third kappa shape index (κ3) is 4.81. The Morgan fingerprint density at radius 2 is 1.86 bits per heavy atom. The van der Waals surface area contributed by atoms with Gasteiger partial charge in [0, 0.05) is 56.4 Å². The third-order valence-corrected chi connectivity index (χ3v) is 9.15. The number of amides is 1. The van der Waals surface area contributed by atoms with E-state index in [9.17, 15) is 14.7 Å². The quantitative estimate of drug-likeness (QED) is 0.346. The standard InChI is InChI=1S/C34H38N6O3/c1-4-25-26(9-7-11-29(25)40-15-14-39-28-10-6-5-8-22(28)17-30(39)33(40)42)23-16-27(32(41)37(3)19-23)36-31-13-12-24(18-35-31)38-20-34(2,43)21-38/h7,9,11-13,16-19,43H,4-6,8,10,14-15,20-21H2,1-3H3,(H,35,36). The van der Waals surface area contributed by atoms with Gasteiger partial charge in [0.15, 0.2) is 0 Å². The van der Waals surface area contributed by atoms with Crippen molar-refractivity contribution in [3.63, 3.8) is 0 Å². The lowest BCUT2D eigenvalue weighted by Gasteiger charge is -2.45. The van der Waals surface area contributed by atoms with Crippen LogP contribution in [0.1, 0.15) is 54.0 Å². The number of aliphatic hydroxyl groups is 1. The SMILES string of the molecule is CCc1c(-c2cc(Nc3ccc(N4CC(C)(O)C4)cn3)c(=O)n(C)c2)cccc1N1CCn2c(cc3c2CCCC3)C1=O. The van der Waals surface area contributed by atoms with Gasteiger partial charge in [-0.1, -0.05) is 19.1 Å². The molecule has 5 heterocycles. The molecule has 43 heavy (non-hydrogen) atoms. The average molecular weight is 579 g/mol. The highest BCUT2D eigenvalue weighted by Gasteiger charge is 2.36. The van der Waals surface area contributed by atoms with Crippen LogP contribution in [0.4, 0.5) is 22.9 Å². The first kappa shape index (κ1) is 27.5. The van der Waals surface area contributed by atoms with Crippen LogP contribution in [0.2, 0.25) is 0 Å². The number of nitrogens with one attached hydrogen (secondary N) is 1. The van der Waals surface area contributed by atoms with Crippen LogP contribution >= 0.6 is 0 Å². The van der Waals surface area contributed by atoms with E-state index >= 15 is 0 Å². The fraction of sp³-hybridized carbons (Fsp3) is 0.382. The number of β-amino-alcohol motifs (C(OH)–C–C–N with tert-alkyl or cyclic N) is 1. The van der Waals surface area contributed by atoms with Crippen molar-refractivity contribution in [2.45, 2.75) is 58.1 Å². The van der Waals surface area contributed by atoms with E-state index in [4.69, 9.17) is 0 Å². The number of hydrogen-bond donors (Lipinski definition) is 2. The number of carbonyl (C=O) groups excluding carboxylic acids is 1. The van der Waals surface area contributed by atoms with Crippen molar-refractivity contribution >= 4 is 28.8 Å². The summed E-state index contributed by atoms with van der Waals surface area (Å²) >= 11 is 0. The normalized spacial score (nSPS) is 17.3. The molecule has 7 rings (SSSR count). The summed E-state index contributed by atoms with van der Waals surface area (Å²) < 4.78 is 3.84. The van der Waals surface area contributed by atoms with Crippen molar-refractivity contribution in [2.24, 2.45) is 7.05 Å². The number of aryl methyl sites for hydroxylation is 2. The van der Waals surface area contributed by atoms with Crippen molar-refractivity contribution in [3.8, 4) is 11.1 Å². The molecule has 0 radical (unpaired) electrons. The topological polar surface area (TPSA) is 95.6 Å².